The van der Waals surface area contributed by atoms with Crippen molar-refractivity contribution in [2.24, 2.45) is 0 Å². The van der Waals surface area contributed by atoms with Crippen molar-refractivity contribution in [3.63, 3.8) is 0 Å². The van der Waals surface area contributed by atoms with E-state index in [9.17, 15) is 0 Å². The number of rotatable bonds is 3. The van der Waals surface area contributed by atoms with E-state index in [1.54, 1.807) is 0 Å². The number of hydrogen-bond donors (Lipinski definition) is 0. The van der Waals surface area contributed by atoms with Crippen LogP contribution in [0.3, 0.4) is 0 Å². The Balaban J connectivity index is 2.62. The number of aryl methyl sites for hydroxylation is 1. The average Bonchev–Trinajstić information content (AvgIpc) is 2.03. The van der Waals surface area contributed by atoms with Gasteiger partial charge in [0, 0.05) is 4.90 Å². The van der Waals surface area contributed by atoms with E-state index in [1.807, 2.05) is 11.8 Å². The Labute approximate surface area is 73.0 Å². The first-order valence-electron chi connectivity index (χ1n) is 4.03. The van der Waals surface area contributed by atoms with Gasteiger partial charge in [-0.05, 0) is 30.7 Å². The molecule has 0 nitrogen and oxygen atoms in total. The number of hydrogen-bond acceptors (Lipinski definition) is 1. The first-order chi connectivity index (χ1) is 5.34. The second-order valence-corrected chi connectivity index (χ2v) is 3.75. The summed E-state index contributed by atoms with van der Waals surface area (Å²) in [5, 5.41) is 0. The van der Waals surface area contributed by atoms with Gasteiger partial charge in [0.2, 0.25) is 0 Å². The SMILES string of the molecule is CCCSc1ccccc1C. The van der Waals surface area contributed by atoms with Crippen molar-refractivity contribution in [1.82, 2.24) is 0 Å². The molecule has 1 aromatic carbocycles. The summed E-state index contributed by atoms with van der Waals surface area (Å²) in [7, 11) is 0. The normalized spacial score (nSPS) is 10.0. The van der Waals surface area contributed by atoms with E-state index in [-0.39, 0.29) is 0 Å². The van der Waals surface area contributed by atoms with Gasteiger partial charge in [0.05, 0.1) is 0 Å². The van der Waals surface area contributed by atoms with Crippen LogP contribution in [0.5, 0.6) is 0 Å². The maximum absolute atomic E-state index is 2.21. The maximum atomic E-state index is 2.21. The Morgan fingerprint density at radius 1 is 1.27 bits per heavy atom. The van der Waals surface area contributed by atoms with E-state index in [2.05, 4.69) is 38.1 Å². The quantitative estimate of drug-likeness (QED) is 0.619. The van der Waals surface area contributed by atoms with Gasteiger partial charge in [-0.2, -0.15) is 0 Å². The van der Waals surface area contributed by atoms with Crippen LogP contribution in [0.1, 0.15) is 18.9 Å². The zero-order valence-electron chi connectivity index (χ0n) is 7.13. The van der Waals surface area contributed by atoms with Crippen LogP contribution in [0.25, 0.3) is 0 Å². The van der Waals surface area contributed by atoms with E-state index >= 15 is 0 Å². The maximum Gasteiger partial charge on any atom is 0.0101 e. The first kappa shape index (κ1) is 8.66. The van der Waals surface area contributed by atoms with Crippen molar-refractivity contribution in [2.75, 3.05) is 5.75 Å². The lowest BCUT2D eigenvalue weighted by atomic mass is 10.2. The van der Waals surface area contributed by atoms with Crippen molar-refractivity contribution in [3.05, 3.63) is 29.8 Å². The summed E-state index contributed by atoms with van der Waals surface area (Å²) in [4.78, 5) is 1.43. The topological polar surface area (TPSA) is 0 Å². The van der Waals surface area contributed by atoms with Crippen LogP contribution < -0.4 is 0 Å². The van der Waals surface area contributed by atoms with Gasteiger partial charge >= 0.3 is 0 Å². The Bertz CT molecular complexity index is 218. The third kappa shape index (κ3) is 2.58. The Hall–Kier alpha value is -0.430. The van der Waals surface area contributed by atoms with Crippen LogP contribution in [0.15, 0.2) is 29.2 Å². The van der Waals surface area contributed by atoms with E-state index < -0.39 is 0 Å². The number of thioether (sulfide) groups is 1. The van der Waals surface area contributed by atoms with Gasteiger partial charge in [-0.1, -0.05) is 25.1 Å². The van der Waals surface area contributed by atoms with Crippen LogP contribution in [-0.2, 0) is 0 Å². The Kier molecular flexibility index (Phi) is 3.50. The Morgan fingerprint density at radius 2 is 2.00 bits per heavy atom. The molecule has 0 aliphatic heterocycles. The lowest BCUT2D eigenvalue weighted by molar-refractivity contribution is 1.10. The molecule has 60 valence electrons. The highest BCUT2D eigenvalue weighted by Crippen LogP contribution is 2.21. The smallest absolute Gasteiger partial charge is 0.0101 e. The van der Waals surface area contributed by atoms with Gasteiger partial charge in [0.1, 0.15) is 0 Å². The van der Waals surface area contributed by atoms with Crippen molar-refractivity contribution >= 4 is 11.8 Å². The van der Waals surface area contributed by atoms with Crippen LogP contribution in [-0.4, -0.2) is 5.75 Å². The predicted octanol–water partition coefficient (Wildman–Crippen LogP) is 3.50. The lowest BCUT2D eigenvalue weighted by Crippen LogP contribution is -1.79. The van der Waals surface area contributed by atoms with Crippen molar-refractivity contribution in [3.8, 4) is 0 Å². The molecule has 0 bridgehead atoms. The zero-order chi connectivity index (χ0) is 8.10. The van der Waals surface area contributed by atoms with Crippen LogP contribution >= 0.6 is 11.8 Å². The molecule has 0 saturated carbocycles. The molecule has 1 rings (SSSR count). The third-order valence-electron chi connectivity index (χ3n) is 1.56. The second kappa shape index (κ2) is 4.45. The first-order valence-corrected chi connectivity index (χ1v) is 5.01. The molecule has 0 N–H and O–H groups in total. The molecule has 0 aromatic heterocycles. The summed E-state index contributed by atoms with van der Waals surface area (Å²) in [6.07, 6.45) is 1.25. The summed E-state index contributed by atoms with van der Waals surface area (Å²) in [6.45, 7) is 4.38. The molecule has 1 aromatic rings. The van der Waals surface area contributed by atoms with Crippen LogP contribution in [0.4, 0.5) is 0 Å². The van der Waals surface area contributed by atoms with E-state index in [4.69, 9.17) is 0 Å². The molecule has 0 saturated heterocycles. The summed E-state index contributed by atoms with van der Waals surface area (Å²) in [6, 6.07) is 8.55. The summed E-state index contributed by atoms with van der Waals surface area (Å²) in [5.41, 5.74) is 1.39. The van der Waals surface area contributed by atoms with Crippen molar-refractivity contribution in [1.29, 1.82) is 0 Å². The molecule has 0 atom stereocenters. The molecule has 0 aliphatic carbocycles. The minimum atomic E-state index is 1.23. The average molecular weight is 166 g/mol. The standard InChI is InChI=1S/C10H14S/c1-3-8-11-10-7-5-4-6-9(10)2/h4-7H,3,8H2,1-2H3. The summed E-state index contributed by atoms with van der Waals surface area (Å²) in [5.74, 6) is 1.23. The predicted molar refractivity (Wildman–Crippen MR) is 52.2 cm³/mol. The number of benzene rings is 1. The Morgan fingerprint density at radius 3 is 2.64 bits per heavy atom. The molecule has 0 radical (unpaired) electrons. The molecule has 0 fully saturated rings. The molecular weight excluding hydrogens is 152 g/mol. The third-order valence-corrected chi connectivity index (χ3v) is 2.94. The highest BCUT2D eigenvalue weighted by molar-refractivity contribution is 7.99. The molecular formula is C10H14S. The molecule has 0 unspecified atom stereocenters. The van der Waals surface area contributed by atoms with Crippen molar-refractivity contribution < 1.29 is 0 Å². The van der Waals surface area contributed by atoms with Gasteiger partial charge in [-0.3, -0.25) is 0 Å². The van der Waals surface area contributed by atoms with Gasteiger partial charge in [-0.15, -0.1) is 11.8 Å². The molecule has 0 heterocycles. The second-order valence-electron chi connectivity index (χ2n) is 2.61. The molecule has 1 heteroatoms. The molecule has 0 spiro atoms. The molecule has 0 amide bonds. The highest BCUT2D eigenvalue weighted by Gasteiger charge is 1.94. The van der Waals surface area contributed by atoms with Crippen LogP contribution in [0.2, 0.25) is 0 Å². The van der Waals surface area contributed by atoms with Gasteiger partial charge in [0.15, 0.2) is 0 Å². The highest BCUT2D eigenvalue weighted by atomic mass is 32.2. The van der Waals surface area contributed by atoms with Crippen LogP contribution in [0, 0.1) is 6.92 Å². The minimum absolute atomic E-state index is 1.23. The fourth-order valence-electron chi connectivity index (χ4n) is 0.930. The van der Waals surface area contributed by atoms with E-state index in [1.165, 1.54) is 22.6 Å². The van der Waals surface area contributed by atoms with Gasteiger partial charge in [0.25, 0.3) is 0 Å². The monoisotopic (exact) mass is 166 g/mol. The summed E-state index contributed by atoms with van der Waals surface area (Å²) < 4.78 is 0. The van der Waals surface area contributed by atoms with Gasteiger partial charge in [-0.25, -0.2) is 0 Å². The summed E-state index contributed by atoms with van der Waals surface area (Å²) >= 11 is 1.95. The van der Waals surface area contributed by atoms with E-state index in [0.29, 0.717) is 0 Å². The van der Waals surface area contributed by atoms with Gasteiger partial charge < -0.3 is 0 Å². The molecule has 11 heavy (non-hydrogen) atoms. The largest absolute Gasteiger partial charge is 0.126 e. The fraction of sp³-hybridized carbons (Fsp3) is 0.400. The fourth-order valence-corrected chi connectivity index (χ4v) is 1.82. The van der Waals surface area contributed by atoms with E-state index in [0.717, 1.165) is 0 Å². The zero-order valence-corrected chi connectivity index (χ0v) is 7.95. The molecule has 0 aliphatic rings. The van der Waals surface area contributed by atoms with Crippen molar-refractivity contribution in [2.45, 2.75) is 25.2 Å². The lowest BCUT2D eigenvalue weighted by Gasteiger charge is -2.02. The minimum Gasteiger partial charge on any atom is -0.126 e.